The molecular formula is C15H31N7. The van der Waals surface area contributed by atoms with E-state index in [1.54, 1.807) is 5.01 Å². The Labute approximate surface area is 134 Å². The maximum absolute atomic E-state index is 6.03. The Morgan fingerprint density at radius 3 is 1.82 bits per heavy atom. The number of hydrazine groups is 1. The zero-order valence-corrected chi connectivity index (χ0v) is 14.3. The van der Waals surface area contributed by atoms with Gasteiger partial charge >= 0.3 is 0 Å². The van der Waals surface area contributed by atoms with Crippen LogP contribution < -0.4 is 21.5 Å². The number of rotatable bonds is 11. The molecule has 0 spiro atoms. The molecule has 0 saturated heterocycles. The van der Waals surface area contributed by atoms with Crippen LogP contribution >= 0.6 is 0 Å². The summed E-state index contributed by atoms with van der Waals surface area (Å²) in [5.41, 5.74) is 5.85. The number of nitrogens with zero attached hydrogens (tertiary/aromatic N) is 5. The van der Waals surface area contributed by atoms with E-state index in [-0.39, 0.29) is 5.95 Å². The highest BCUT2D eigenvalue weighted by Gasteiger charge is 2.14. The number of nitrogen functional groups attached to an aromatic ring is 1. The molecule has 0 aliphatic rings. The van der Waals surface area contributed by atoms with Crippen LogP contribution in [0.3, 0.4) is 0 Å². The highest BCUT2D eigenvalue weighted by atomic mass is 15.5. The molecule has 0 aromatic carbocycles. The number of hydrogen-bond acceptors (Lipinski definition) is 7. The van der Waals surface area contributed by atoms with Crippen molar-refractivity contribution in [3.8, 4) is 0 Å². The van der Waals surface area contributed by atoms with Gasteiger partial charge in [-0.3, -0.25) is 5.01 Å². The lowest BCUT2D eigenvalue weighted by atomic mass is 10.3. The molecule has 0 aliphatic carbocycles. The van der Waals surface area contributed by atoms with Crippen molar-refractivity contribution in [2.45, 2.75) is 59.3 Å². The van der Waals surface area contributed by atoms with Gasteiger partial charge in [-0.05, 0) is 19.3 Å². The van der Waals surface area contributed by atoms with E-state index in [0.717, 1.165) is 51.6 Å². The minimum atomic E-state index is 0.227. The molecule has 0 aliphatic heterocycles. The molecule has 0 atom stereocenters. The molecule has 0 saturated carbocycles. The Bertz CT molecular complexity index is 416. The van der Waals surface area contributed by atoms with Crippen molar-refractivity contribution in [2.75, 3.05) is 35.3 Å². The summed E-state index contributed by atoms with van der Waals surface area (Å²) >= 11 is 0. The highest BCUT2D eigenvalue weighted by molar-refractivity contribution is 5.42. The number of nitrogens with two attached hydrogens (primary N) is 2. The summed E-state index contributed by atoms with van der Waals surface area (Å²) in [6.45, 7) is 9.05. The van der Waals surface area contributed by atoms with E-state index in [4.69, 9.17) is 11.6 Å². The molecule has 4 N–H and O–H groups in total. The normalized spacial score (nSPS) is 10.7. The molecule has 0 bridgehead atoms. The topological polar surface area (TPSA) is 97.2 Å². The van der Waals surface area contributed by atoms with Crippen molar-refractivity contribution in [1.29, 1.82) is 0 Å². The lowest BCUT2D eigenvalue weighted by Gasteiger charge is -2.24. The highest BCUT2D eigenvalue weighted by Crippen LogP contribution is 2.15. The average molecular weight is 309 g/mol. The van der Waals surface area contributed by atoms with Crippen LogP contribution in [0.4, 0.5) is 17.8 Å². The first-order valence-corrected chi connectivity index (χ1v) is 8.41. The van der Waals surface area contributed by atoms with Crippen LogP contribution in [-0.2, 0) is 0 Å². The van der Waals surface area contributed by atoms with Gasteiger partial charge in [0.05, 0.1) is 0 Å². The third-order valence-electron chi connectivity index (χ3n) is 3.48. The molecule has 126 valence electrons. The summed E-state index contributed by atoms with van der Waals surface area (Å²) in [4.78, 5) is 15.2. The second kappa shape index (κ2) is 10.2. The number of hydrogen-bond donors (Lipinski definition) is 2. The van der Waals surface area contributed by atoms with Gasteiger partial charge in [-0.25, -0.2) is 5.84 Å². The van der Waals surface area contributed by atoms with Gasteiger partial charge in [0.1, 0.15) is 0 Å². The smallest absolute Gasteiger partial charge is 0.246 e. The Kier molecular flexibility index (Phi) is 8.50. The van der Waals surface area contributed by atoms with Gasteiger partial charge in [0.25, 0.3) is 0 Å². The molecule has 1 aromatic heterocycles. The molecule has 1 heterocycles. The molecule has 7 heteroatoms. The van der Waals surface area contributed by atoms with Crippen LogP contribution in [0.1, 0.15) is 59.3 Å². The van der Waals surface area contributed by atoms with Crippen molar-refractivity contribution < 1.29 is 0 Å². The first kappa shape index (κ1) is 18.4. The van der Waals surface area contributed by atoms with E-state index >= 15 is 0 Å². The maximum Gasteiger partial charge on any atom is 0.246 e. The summed E-state index contributed by atoms with van der Waals surface area (Å²) in [7, 11) is 0. The van der Waals surface area contributed by atoms with Crippen LogP contribution in [0.5, 0.6) is 0 Å². The van der Waals surface area contributed by atoms with Crippen LogP contribution in [-0.4, -0.2) is 34.6 Å². The second-order valence-corrected chi connectivity index (χ2v) is 5.53. The monoisotopic (exact) mass is 309 g/mol. The van der Waals surface area contributed by atoms with Crippen molar-refractivity contribution in [1.82, 2.24) is 15.0 Å². The zero-order valence-electron chi connectivity index (χ0n) is 14.3. The summed E-state index contributed by atoms with van der Waals surface area (Å²) in [6, 6.07) is 0. The van der Waals surface area contributed by atoms with Crippen LogP contribution in [0, 0.1) is 0 Å². The first-order chi connectivity index (χ1) is 10.6. The van der Waals surface area contributed by atoms with E-state index in [2.05, 4.69) is 40.6 Å². The van der Waals surface area contributed by atoms with Crippen molar-refractivity contribution in [3.63, 3.8) is 0 Å². The molecule has 0 unspecified atom stereocenters. The van der Waals surface area contributed by atoms with Crippen LogP contribution in [0.15, 0.2) is 0 Å². The fraction of sp³-hybridized carbons (Fsp3) is 0.800. The van der Waals surface area contributed by atoms with Crippen molar-refractivity contribution >= 4 is 17.8 Å². The zero-order chi connectivity index (χ0) is 16.4. The molecular weight excluding hydrogens is 278 g/mol. The number of anilines is 3. The molecule has 7 nitrogen and oxygen atoms in total. The van der Waals surface area contributed by atoms with Crippen LogP contribution in [0.2, 0.25) is 0 Å². The largest absolute Gasteiger partial charge is 0.368 e. The van der Waals surface area contributed by atoms with Crippen molar-refractivity contribution in [3.05, 3.63) is 0 Å². The van der Waals surface area contributed by atoms with Gasteiger partial charge in [-0.1, -0.05) is 40.0 Å². The molecule has 22 heavy (non-hydrogen) atoms. The van der Waals surface area contributed by atoms with Gasteiger partial charge in [-0.15, -0.1) is 0 Å². The van der Waals surface area contributed by atoms with E-state index in [1.165, 1.54) is 0 Å². The standard InChI is InChI=1S/C15H31N7/c1-4-7-10-21(11-8-5-2)14-18-13(16)19-15(20-14)22(17)12-9-6-3/h4-12,17H2,1-3H3,(H2,16,18,19,20). The molecule has 0 fully saturated rings. The lowest BCUT2D eigenvalue weighted by molar-refractivity contribution is 0.657. The van der Waals surface area contributed by atoms with E-state index < -0.39 is 0 Å². The van der Waals surface area contributed by atoms with Gasteiger partial charge < -0.3 is 10.6 Å². The first-order valence-electron chi connectivity index (χ1n) is 8.41. The minimum absolute atomic E-state index is 0.227. The van der Waals surface area contributed by atoms with Gasteiger partial charge in [0.2, 0.25) is 17.8 Å². The fourth-order valence-electron chi connectivity index (χ4n) is 2.08. The number of aromatic nitrogens is 3. The average Bonchev–Trinajstić information content (AvgIpc) is 2.52. The summed E-state index contributed by atoms with van der Waals surface area (Å²) in [6.07, 6.45) is 6.54. The predicted octanol–water partition coefficient (Wildman–Crippen LogP) is 2.34. The second-order valence-electron chi connectivity index (χ2n) is 5.53. The summed E-state index contributed by atoms with van der Waals surface area (Å²) in [5.74, 6) is 7.34. The summed E-state index contributed by atoms with van der Waals surface area (Å²) < 4.78 is 0. The Morgan fingerprint density at radius 1 is 0.773 bits per heavy atom. The predicted molar refractivity (Wildman–Crippen MR) is 92.7 cm³/mol. The third-order valence-corrected chi connectivity index (χ3v) is 3.48. The van der Waals surface area contributed by atoms with Crippen LogP contribution in [0.25, 0.3) is 0 Å². The van der Waals surface area contributed by atoms with E-state index in [1.807, 2.05) is 0 Å². The Morgan fingerprint density at radius 2 is 1.27 bits per heavy atom. The van der Waals surface area contributed by atoms with E-state index in [9.17, 15) is 0 Å². The maximum atomic E-state index is 6.03. The lowest BCUT2D eigenvalue weighted by Crippen LogP contribution is -2.35. The number of unbranched alkanes of at least 4 members (excludes halogenated alkanes) is 3. The Hall–Kier alpha value is -1.63. The Balaban J connectivity index is 2.91. The fourth-order valence-corrected chi connectivity index (χ4v) is 2.08. The van der Waals surface area contributed by atoms with E-state index in [0.29, 0.717) is 18.4 Å². The SMILES string of the molecule is CCCCN(N)c1nc(N)nc(N(CCCC)CCCC)n1. The molecule has 1 rings (SSSR count). The van der Waals surface area contributed by atoms with Crippen molar-refractivity contribution in [2.24, 2.45) is 5.84 Å². The minimum Gasteiger partial charge on any atom is -0.368 e. The molecule has 1 aromatic rings. The van der Waals surface area contributed by atoms with Gasteiger partial charge in [0, 0.05) is 19.6 Å². The quantitative estimate of drug-likeness (QED) is 0.478. The third kappa shape index (κ3) is 6.01. The molecule has 0 amide bonds. The summed E-state index contributed by atoms with van der Waals surface area (Å²) in [5, 5.41) is 1.56. The van der Waals surface area contributed by atoms with Gasteiger partial charge in [-0.2, -0.15) is 15.0 Å². The molecule has 0 radical (unpaired) electrons. The van der Waals surface area contributed by atoms with Gasteiger partial charge in [0.15, 0.2) is 0 Å².